The van der Waals surface area contributed by atoms with E-state index in [9.17, 15) is 18.0 Å². The predicted molar refractivity (Wildman–Crippen MR) is 100 cm³/mol. The lowest BCUT2D eigenvalue weighted by Gasteiger charge is -2.20. The van der Waals surface area contributed by atoms with E-state index < -0.39 is 23.6 Å². The number of ether oxygens (including phenoxy) is 1. The molecule has 28 heavy (non-hydrogen) atoms. The minimum absolute atomic E-state index is 0.0234. The lowest BCUT2D eigenvalue weighted by molar-refractivity contribution is -0.141. The molecule has 2 rings (SSSR count). The van der Waals surface area contributed by atoms with Crippen molar-refractivity contribution in [3.8, 4) is 11.1 Å². The first-order valence-electron chi connectivity index (χ1n) is 8.75. The van der Waals surface area contributed by atoms with Gasteiger partial charge in [0.05, 0.1) is 0 Å². The average Bonchev–Trinajstić information content (AvgIpc) is 2.57. The monoisotopic (exact) mass is 395 g/mol. The molecular formula is C20H24F3N3O2. The molecule has 0 bridgehead atoms. The van der Waals surface area contributed by atoms with Crippen LogP contribution in [-0.4, -0.2) is 16.7 Å². The SMILES string of the molecule is C[C@@H](N)c1ccc(-c2cc(C(F)(F)F)ncc2CNC(=O)OC(C)(C)C)cc1. The molecule has 0 saturated carbocycles. The number of carbonyl (C=O) groups excluding carboxylic acids is 1. The highest BCUT2D eigenvalue weighted by Gasteiger charge is 2.33. The normalized spacial score (nSPS) is 13.1. The minimum Gasteiger partial charge on any atom is -0.444 e. The zero-order chi connectivity index (χ0) is 21.1. The Kier molecular flexibility index (Phi) is 6.34. The molecular weight excluding hydrogens is 371 g/mol. The Morgan fingerprint density at radius 1 is 1.21 bits per heavy atom. The summed E-state index contributed by atoms with van der Waals surface area (Å²) in [5, 5.41) is 2.55. The first-order valence-corrected chi connectivity index (χ1v) is 8.75. The summed E-state index contributed by atoms with van der Waals surface area (Å²) in [7, 11) is 0. The number of benzene rings is 1. The standard InChI is InChI=1S/C20H24F3N3O2/c1-12(24)13-5-7-14(8-6-13)16-9-17(20(21,22)23)25-10-15(16)11-26-18(27)28-19(2,3)4/h5-10,12H,11,24H2,1-4H3,(H,26,27)/t12-/m1/s1. The van der Waals surface area contributed by atoms with Crippen LogP contribution in [0.25, 0.3) is 11.1 Å². The highest BCUT2D eigenvalue weighted by Crippen LogP contribution is 2.33. The fraction of sp³-hybridized carbons (Fsp3) is 0.400. The molecule has 0 unspecified atom stereocenters. The highest BCUT2D eigenvalue weighted by molar-refractivity contribution is 5.71. The van der Waals surface area contributed by atoms with E-state index in [0.29, 0.717) is 16.7 Å². The van der Waals surface area contributed by atoms with Gasteiger partial charge in [0.15, 0.2) is 0 Å². The Labute approximate surface area is 162 Å². The summed E-state index contributed by atoms with van der Waals surface area (Å²) in [6.45, 7) is 6.96. The van der Waals surface area contributed by atoms with Crippen molar-refractivity contribution in [2.45, 2.75) is 52.1 Å². The van der Waals surface area contributed by atoms with Crippen LogP contribution in [0.1, 0.15) is 50.6 Å². The molecule has 3 N–H and O–H groups in total. The van der Waals surface area contributed by atoms with Crippen LogP contribution >= 0.6 is 0 Å². The van der Waals surface area contributed by atoms with Crippen molar-refractivity contribution in [2.24, 2.45) is 5.73 Å². The predicted octanol–water partition coefficient (Wildman–Crippen LogP) is 4.81. The van der Waals surface area contributed by atoms with E-state index in [0.717, 1.165) is 17.8 Å². The number of pyridine rings is 1. The summed E-state index contributed by atoms with van der Waals surface area (Å²) >= 11 is 0. The number of hydrogen-bond donors (Lipinski definition) is 2. The van der Waals surface area contributed by atoms with Gasteiger partial charge in [-0.05, 0) is 56.0 Å². The number of carbonyl (C=O) groups is 1. The van der Waals surface area contributed by atoms with Gasteiger partial charge in [0.1, 0.15) is 11.3 Å². The molecule has 0 radical (unpaired) electrons. The number of aromatic nitrogens is 1. The van der Waals surface area contributed by atoms with Crippen LogP contribution in [-0.2, 0) is 17.5 Å². The topological polar surface area (TPSA) is 77.2 Å². The van der Waals surface area contributed by atoms with Crippen LogP contribution in [0.5, 0.6) is 0 Å². The zero-order valence-corrected chi connectivity index (χ0v) is 16.2. The lowest BCUT2D eigenvalue weighted by Crippen LogP contribution is -2.32. The summed E-state index contributed by atoms with van der Waals surface area (Å²) in [6.07, 6.45) is -4.11. The number of nitrogens with one attached hydrogen (secondary N) is 1. The second-order valence-corrected chi connectivity index (χ2v) is 7.49. The van der Waals surface area contributed by atoms with E-state index in [4.69, 9.17) is 10.5 Å². The van der Waals surface area contributed by atoms with E-state index in [-0.39, 0.29) is 12.6 Å². The molecule has 152 valence electrons. The van der Waals surface area contributed by atoms with Crippen molar-refractivity contribution in [1.82, 2.24) is 10.3 Å². The summed E-state index contributed by atoms with van der Waals surface area (Å²) in [4.78, 5) is 15.4. The lowest BCUT2D eigenvalue weighted by atomic mass is 9.98. The number of alkyl carbamates (subject to hydrolysis) is 1. The Morgan fingerprint density at radius 2 is 1.82 bits per heavy atom. The van der Waals surface area contributed by atoms with Crippen molar-refractivity contribution in [3.05, 3.63) is 53.3 Å². The van der Waals surface area contributed by atoms with Gasteiger partial charge < -0.3 is 15.8 Å². The van der Waals surface area contributed by atoms with Crippen molar-refractivity contribution in [1.29, 1.82) is 0 Å². The van der Waals surface area contributed by atoms with Crippen molar-refractivity contribution in [2.75, 3.05) is 0 Å². The van der Waals surface area contributed by atoms with E-state index in [1.807, 2.05) is 6.92 Å². The molecule has 2 aromatic rings. The van der Waals surface area contributed by atoms with Crippen LogP contribution in [0.2, 0.25) is 0 Å². The Balaban J connectivity index is 2.35. The fourth-order valence-electron chi connectivity index (χ4n) is 2.50. The van der Waals surface area contributed by atoms with Crippen molar-refractivity contribution >= 4 is 6.09 Å². The molecule has 0 saturated heterocycles. The van der Waals surface area contributed by atoms with Gasteiger partial charge >= 0.3 is 12.3 Å². The van der Waals surface area contributed by atoms with E-state index in [1.165, 1.54) is 0 Å². The Bertz CT molecular complexity index is 826. The fourth-order valence-corrected chi connectivity index (χ4v) is 2.50. The highest BCUT2D eigenvalue weighted by atomic mass is 19.4. The van der Waals surface area contributed by atoms with Gasteiger partial charge in [-0.15, -0.1) is 0 Å². The van der Waals surface area contributed by atoms with Crippen molar-refractivity contribution < 1.29 is 22.7 Å². The molecule has 1 heterocycles. The molecule has 0 aliphatic carbocycles. The molecule has 8 heteroatoms. The van der Waals surface area contributed by atoms with Crippen LogP contribution in [0, 0.1) is 0 Å². The van der Waals surface area contributed by atoms with Crippen LogP contribution in [0.3, 0.4) is 0 Å². The average molecular weight is 395 g/mol. The van der Waals surface area contributed by atoms with Crippen LogP contribution in [0.15, 0.2) is 36.5 Å². The first kappa shape index (κ1) is 21.7. The maximum Gasteiger partial charge on any atom is 0.433 e. The molecule has 1 aromatic carbocycles. The van der Waals surface area contributed by atoms with Crippen molar-refractivity contribution in [3.63, 3.8) is 0 Å². The smallest absolute Gasteiger partial charge is 0.433 e. The molecule has 1 atom stereocenters. The van der Waals surface area contributed by atoms with E-state index >= 15 is 0 Å². The van der Waals surface area contributed by atoms with Gasteiger partial charge in [-0.3, -0.25) is 4.98 Å². The summed E-state index contributed by atoms with van der Waals surface area (Å²) in [5.41, 5.74) is 6.34. The summed E-state index contributed by atoms with van der Waals surface area (Å²) < 4.78 is 44.5. The van der Waals surface area contributed by atoms with Crippen LogP contribution in [0.4, 0.5) is 18.0 Å². The molecule has 0 fully saturated rings. The van der Waals surface area contributed by atoms with Gasteiger partial charge in [0, 0.05) is 18.8 Å². The van der Waals surface area contributed by atoms with E-state index in [1.54, 1.807) is 45.0 Å². The molecule has 0 aliphatic rings. The minimum atomic E-state index is -4.57. The molecule has 0 aliphatic heterocycles. The Hall–Kier alpha value is -2.61. The quantitative estimate of drug-likeness (QED) is 0.779. The zero-order valence-electron chi connectivity index (χ0n) is 16.2. The molecule has 5 nitrogen and oxygen atoms in total. The number of halogens is 3. The number of rotatable bonds is 4. The molecule has 1 amide bonds. The van der Waals surface area contributed by atoms with Gasteiger partial charge in [-0.25, -0.2) is 4.79 Å². The third-order valence-electron chi connectivity index (χ3n) is 3.85. The maximum absolute atomic E-state index is 13.1. The summed E-state index contributed by atoms with van der Waals surface area (Å²) in [5.74, 6) is 0. The second kappa shape index (κ2) is 8.18. The first-order chi connectivity index (χ1) is 12.9. The molecule has 0 spiro atoms. The van der Waals surface area contributed by atoms with Gasteiger partial charge in [-0.2, -0.15) is 13.2 Å². The van der Waals surface area contributed by atoms with Gasteiger partial charge in [0.25, 0.3) is 0 Å². The number of amides is 1. The third kappa shape index (κ3) is 5.95. The number of alkyl halides is 3. The number of hydrogen-bond acceptors (Lipinski definition) is 4. The number of nitrogens with zero attached hydrogens (tertiary/aromatic N) is 1. The number of nitrogens with two attached hydrogens (primary N) is 1. The van der Waals surface area contributed by atoms with E-state index in [2.05, 4.69) is 10.3 Å². The van der Waals surface area contributed by atoms with Crippen LogP contribution < -0.4 is 11.1 Å². The van der Waals surface area contributed by atoms with Gasteiger partial charge in [0.2, 0.25) is 0 Å². The Morgan fingerprint density at radius 3 is 2.32 bits per heavy atom. The second-order valence-electron chi connectivity index (χ2n) is 7.49. The third-order valence-corrected chi connectivity index (χ3v) is 3.85. The maximum atomic E-state index is 13.1. The largest absolute Gasteiger partial charge is 0.444 e. The summed E-state index contributed by atoms with van der Waals surface area (Å²) in [6, 6.07) is 7.71. The van der Waals surface area contributed by atoms with Gasteiger partial charge in [-0.1, -0.05) is 24.3 Å². The molecule has 1 aromatic heterocycles.